The van der Waals surface area contributed by atoms with Gasteiger partial charge in [0, 0.05) is 31.2 Å². The Morgan fingerprint density at radius 1 is 1.13 bits per heavy atom. The first-order valence-electron chi connectivity index (χ1n) is 7.55. The van der Waals surface area contributed by atoms with Gasteiger partial charge in [0.25, 0.3) is 5.91 Å². The second-order valence-corrected chi connectivity index (χ2v) is 5.75. The molecule has 1 amide bonds. The standard InChI is InChI=1S/C17H23N5O/c1-12-6-5-7-13(2)15(12)21-16(23)14-10-19-17(20-11-14)18-8-9-22(3)4/h5-7,10-11H,8-9H2,1-4H3,(H,21,23)(H,18,19,20). The van der Waals surface area contributed by atoms with Gasteiger partial charge in [-0.05, 0) is 39.1 Å². The van der Waals surface area contributed by atoms with E-state index in [4.69, 9.17) is 0 Å². The molecule has 23 heavy (non-hydrogen) atoms. The molecule has 122 valence electrons. The van der Waals surface area contributed by atoms with Gasteiger partial charge in [0.05, 0.1) is 5.56 Å². The van der Waals surface area contributed by atoms with E-state index in [-0.39, 0.29) is 5.91 Å². The van der Waals surface area contributed by atoms with Gasteiger partial charge in [0.2, 0.25) is 5.95 Å². The van der Waals surface area contributed by atoms with Crippen LogP contribution in [0.5, 0.6) is 0 Å². The number of amides is 1. The summed E-state index contributed by atoms with van der Waals surface area (Å²) in [5.74, 6) is 0.317. The molecule has 0 atom stereocenters. The molecule has 0 unspecified atom stereocenters. The molecule has 0 aliphatic heterocycles. The highest BCUT2D eigenvalue weighted by atomic mass is 16.1. The highest BCUT2D eigenvalue weighted by Gasteiger charge is 2.10. The summed E-state index contributed by atoms with van der Waals surface area (Å²) in [7, 11) is 4.01. The van der Waals surface area contributed by atoms with Crippen molar-refractivity contribution in [2.45, 2.75) is 13.8 Å². The minimum atomic E-state index is -0.206. The third-order valence-corrected chi connectivity index (χ3v) is 3.48. The lowest BCUT2D eigenvalue weighted by Crippen LogP contribution is -2.21. The summed E-state index contributed by atoms with van der Waals surface area (Å²) in [5.41, 5.74) is 3.33. The fourth-order valence-corrected chi connectivity index (χ4v) is 2.13. The zero-order chi connectivity index (χ0) is 16.8. The number of aryl methyl sites for hydroxylation is 2. The molecule has 2 N–H and O–H groups in total. The number of para-hydroxylation sites is 1. The summed E-state index contributed by atoms with van der Waals surface area (Å²) in [6, 6.07) is 5.91. The van der Waals surface area contributed by atoms with Crippen molar-refractivity contribution in [2.75, 3.05) is 37.8 Å². The first-order chi connectivity index (χ1) is 11.0. The van der Waals surface area contributed by atoms with Gasteiger partial charge < -0.3 is 15.5 Å². The van der Waals surface area contributed by atoms with Gasteiger partial charge in [0.1, 0.15) is 0 Å². The van der Waals surface area contributed by atoms with Crippen LogP contribution in [0.3, 0.4) is 0 Å². The molecular formula is C17H23N5O. The highest BCUT2D eigenvalue weighted by Crippen LogP contribution is 2.20. The molecular weight excluding hydrogens is 290 g/mol. The Morgan fingerprint density at radius 2 is 1.74 bits per heavy atom. The van der Waals surface area contributed by atoms with Gasteiger partial charge in [-0.3, -0.25) is 4.79 Å². The van der Waals surface area contributed by atoms with Crippen molar-refractivity contribution in [1.29, 1.82) is 0 Å². The maximum atomic E-state index is 12.3. The van der Waals surface area contributed by atoms with E-state index in [0.717, 1.165) is 29.9 Å². The monoisotopic (exact) mass is 313 g/mol. The van der Waals surface area contributed by atoms with Crippen LogP contribution in [-0.2, 0) is 0 Å². The summed E-state index contributed by atoms with van der Waals surface area (Å²) in [6.07, 6.45) is 3.07. The molecule has 1 aromatic carbocycles. The number of hydrogen-bond acceptors (Lipinski definition) is 5. The number of likely N-dealkylation sites (N-methyl/N-ethyl adjacent to an activating group) is 1. The number of rotatable bonds is 6. The van der Waals surface area contributed by atoms with E-state index in [1.54, 1.807) is 0 Å². The maximum absolute atomic E-state index is 12.3. The summed E-state index contributed by atoms with van der Waals surface area (Å²) in [4.78, 5) is 22.7. The molecule has 2 aromatic rings. The molecule has 0 fully saturated rings. The number of hydrogen-bond donors (Lipinski definition) is 2. The molecule has 0 aliphatic rings. The van der Waals surface area contributed by atoms with Crippen molar-refractivity contribution >= 4 is 17.5 Å². The Bertz CT molecular complexity index is 647. The molecule has 0 spiro atoms. The van der Waals surface area contributed by atoms with E-state index < -0.39 is 0 Å². The molecule has 1 aromatic heterocycles. The number of carbonyl (C=O) groups is 1. The number of nitrogens with one attached hydrogen (secondary N) is 2. The lowest BCUT2D eigenvalue weighted by Gasteiger charge is -2.12. The number of benzene rings is 1. The minimum Gasteiger partial charge on any atom is -0.353 e. The maximum Gasteiger partial charge on any atom is 0.258 e. The van der Waals surface area contributed by atoms with Crippen molar-refractivity contribution in [3.8, 4) is 0 Å². The quantitative estimate of drug-likeness (QED) is 0.856. The number of nitrogens with zero attached hydrogens (tertiary/aromatic N) is 3. The van der Waals surface area contributed by atoms with E-state index >= 15 is 0 Å². The Hall–Kier alpha value is -2.47. The summed E-state index contributed by atoms with van der Waals surface area (Å²) in [6.45, 7) is 5.58. The van der Waals surface area contributed by atoms with Gasteiger partial charge in [-0.25, -0.2) is 9.97 Å². The Morgan fingerprint density at radius 3 is 2.30 bits per heavy atom. The minimum absolute atomic E-state index is 0.206. The van der Waals surface area contributed by atoms with E-state index in [0.29, 0.717) is 11.5 Å². The lowest BCUT2D eigenvalue weighted by atomic mass is 10.1. The van der Waals surface area contributed by atoms with Crippen molar-refractivity contribution in [2.24, 2.45) is 0 Å². The van der Waals surface area contributed by atoms with Crippen LogP contribution >= 0.6 is 0 Å². The van der Waals surface area contributed by atoms with Gasteiger partial charge in [-0.1, -0.05) is 18.2 Å². The van der Waals surface area contributed by atoms with Crippen LogP contribution in [0.2, 0.25) is 0 Å². The first-order valence-corrected chi connectivity index (χ1v) is 7.55. The average molecular weight is 313 g/mol. The topological polar surface area (TPSA) is 70.2 Å². The van der Waals surface area contributed by atoms with Crippen LogP contribution in [0.15, 0.2) is 30.6 Å². The Kier molecular flexibility index (Phi) is 5.65. The largest absolute Gasteiger partial charge is 0.353 e. The van der Waals surface area contributed by atoms with Crippen molar-refractivity contribution < 1.29 is 4.79 Å². The van der Waals surface area contributed by atoms with E-state index in [1.165, 1.54) is 12.4 Å². The molecule has 0 saturated heterocycles. The molecule has 0 bridgehead atoms. The van der Waals surface area contributed by atoms with E-state index in [2.05, 4.69) is 25.5 Å². The smallest absolute Gasteiger partial charge is 0.258 e. The molecule has 0 saturated carbocycles. The number of aromatic nitrogens is 2. The van der Waals surface area contributed by atoms with E-state index in [9.17, 15) is 4.79 Å². The van der Waals surface area contributed by atoms with E-state index in [1.807, 2.05) is 46.1 Å². The Balaban J connectivity index is 2.00. The van der Waals surface area contributed by atoms with Crippen LogP contribution in [0.1, 0.15) is 21.5 Å². The van der Waals surface area contributed by atoms with Gasteiger partial charge in [0.15, 0.2) is 0 Å². The predicted molar refractivity (Wildman–Crippen MR) is 92.9 cm³/mol. The van der Waals surface area contributed by atoms with Crippen LogP contribution < -0.4 is 10.6 Å². The second-order valence-electron chi connectivity index (χ2n) is 5.75. The molecule has 2 rings (SSSR count). The molecule has 0 radical (unpaired) electrons. The van der Waals surface area contributed by atoms with Gasteiger partial charge in [-0.15, -0.1) is 0 Å². The van der Waals surface area contributed by atoms with Crippen molar-refractivity contribution in [3.05, 3.63) is 47.3 Å². The third kappa shape index (κ3) is 4.75. The third-order valence-electron chi connectivity index (χ3n) is 3.48. The normalized spacial score (nSPS) is 10.7. The van der Waals surface area contributed by atoms with Crippen LogP contribution in [-0.4, -0.2) is 48.0 Å². The zero-order valence-electron chi connectivity index (χ0n) is 14.1. The average Bonchev–Trinajstić information content (AvgIpc) is 2.51. The van der Waals surface area contributed by atoms with Gasteiger partial charge in [-0.2, -0.15) is 0 Å². The number of anilines is 2. The van der Waals surface area contributed by atoms with Crippen LogP contribution in [0, 0.1) is 13.8 Å². The second kappa shape index (κ2) is 7.69. The summed E-state index contributed by atoms with van der Waals surface area (Å²) >= 11 is 0. The summed E-state index contributed by atoms with van der Waals surface area (Å²) in [5, 5.41) is 6.04. The SMILES string of the molecule is Cc1cccc(C)c1NC(=O)c1cnc(NCCN(C)C)nc1. The van der Waals surface area contributed by atoms with Crippen LogP contribution in [0.25, 0.3) is 0 Å². The highest BCUT2D eigenvalue weighted by molar-refractivity contribution is 6.04. The Labute approximate surface area is 137 Å². The van der Waals surface area contributed by atoms with Gasteiger partial charge >= 0.3 is 0 Å². The zero-order valence-corrected chi connectivity index (χ0v) is 14.1. The molecule has 6 nitrogen and oxygen atoms in total. The van der Waals surface area contributed by atoms with Crippen molar-refractivity contribution in [3.63, 3.8) is 0 Å². The first kappa shape index (κ1) is 16.9. The van der Waals surface area contributed by atoms with Crippen molar-refractivity contribution in [1.82, 2.24) is 14.9 Å². The summed E-state index contributed by atoms with van der Waals surface area (Å²) < 4.78 is 0. The predicted octanol–water partition coefficient (Wildman–Crippen LogP) is 2.32. The fourth-order valence-electron chi connectivity index (χ4n) is 2.13. The molecule has 6 heteroatoms. The molecule has 1 heterocycles. The lowest BCUT2D eigenvalue weighted by molar-refractivity contribution is 0.102. The number of carbonyl (C=O) groups excluding carboxylic acids is 1. The van der Waals surface area contributed by atoms with Crippen LogP contribution in [0.4, 0.5) is 11.6 Å². The fraction of sp³-hybridized carbons (Fsp3) is 0.353. The molecule has 0 aliphatic carbocycles.